The zero-order chi connectivity index (χ0) is 9.61. The molecule has 0 aliphatic heterocycles. The summed E-state index contributed by atoms with van der Waals surface area (Å²) in [6, 6.07) is 0. The average molecular weight is 178 g/mol. The van der Waals surface area contributed by atoms with Crippen LogP contribution in [0, 0.1) is 0 Å². The molecule has 0 aromatic heterocycles. The highest BCUT2D eigenvalue weighted by Crippen LogP contribution is 2.26. The Kier molecular flexibility index (Phi) is 4.71. The minimum absolute atomic E-state index is 0.573. The van der Waals surface area contributed by atoms with E-state index in [9.17, 15) is 13.2 Å². The van der Waals surface area contributed by atoms with Gasteiger partial charge in [-0.25, -0.2) is 0 Å². The van der Waals surface area contributed by atoms with E-state index in [2.05, 4.69) is 0 Å². The molecule has 70 valence electrons. The summed E-state index contributed by atoms with van der Waals surface area (Å²) in [6.45, 7) is 3.31. The van der Waals surface area contributed by atoms with Gasteiger partial charge >= 0.3 is 6.18 Å². The number of hydrogen-bond acceptors (Lipinski definition) is 0. The van der Waals surface area contributed by atoms with Crippen molar-refractivity contribution in [3.05, 3.63) is 23.8 Å². The number of halogens is 3. The zero-order valence-electron chi connectivity index (χ0n) is 7.28. The highest BCUT2D eigenvalue weighted by molar-refractivity contribution is 5.22. The van der Waals surface area contributed by atoms with Crippen LogP contribution in [0.3, 0.4) is 0 Å². The second-order valence-electron chi connectivity index (χ2n) is 2.43. The zero-order valence-corrected chi connectivity index (χ0v) is 7.28. The van der Waals surface area contributed by atoms with Crippen molar-refractivity contribution in [3.8, 4) is 0 Å². The first-order chi connectivity index (χ1) is 5.52. The summed E-state index contributed by atoms with van der Waals surface area (Å²) >= 11 is 0. The Balaban J connectivity index is 4.21. The molecule has 0 N–H and O–H groups in total. The predicted molar refractivity (Wildman–Crippen MR) is 43.9 cm³/mol. The summed E-state index contributed by atoms with van der Waals surface area (Å²) in [5.41, 5.74) is -0.573. The molecule has 0 rings (SSSR count). The van der Waals surface area contributed by atoms with Crippen LogP contribution in [-0.2, 0) is 0 Å². The van der Waals surface area contributed by atoms with Gasteiger partial charge in [-0.1, -0.05) is 31.6 Å². The molecule has 0 aliphatic carbocycles. The Morgan fingerprint density at radius 2 is 1.92 bits per heavy atom. The van der Waals surface area contributed by atoms with E-state index < -0.39 is 11.7 Å². The van der Waals surface area contributed by atoms with Gasteiger partial charge in [0, 0.05) is 0 Å². The van der Waals surface area contributed by atoms with Crippen LogP contribution >= 0.6 is 0 Å². The average Bonchev–Trinajstić information content (AvgIpc) is 1.95. The summed E-state index contributed by atoms with van der Waals surface area (Å²) < 4.78 is 36.1. The van der Waals surface area contributed by atoms with Crippen molar-refractivity contribution in [2.45, 2.75) is 32.9 Å². The van der Waals surface area contributed by atoms with Crippen LogP contribution in [0.4, 0.5) is 13.2 Å². The Morgan fingerprint density at radius 3 is 2.25 bits per heavy atom. The maximum atomic E-state index is 12.0. The maximum Gasteiger partial charge on any atom is 0.416 e. The highest BCUT2D eigenvalue weighted by Gasteiger charge is 2.30. The smallest absolute Gasteiger partial charge is 0.166 e. The van der Waals surface area contributed by atoms with Crippen LogP contribution in [0.1, 0.15) is 26.7 Å². The molecule has 0 unspecified atom stereocenters. The minimum atomic E-state index is -4.21. The quantitative estimate of drug-likeness (QED) is 0.576. The number of hydrogen-bond donors (Lipinski definition) is 0. The summed E-state index contributed by atoms with van der Waals surface area (Å²) in [7, 11) is 0. The van der Waals surface area contributed by atoms with Crippen LogP contribution in [0.15, 0.2) is 23.8 Å². The molecule has 0 saturated carbocycles. The standard InChI is InChI=1S/C9H13F3/c1-3-5-6-7-8(4-2)9(10,11)12/h4,6-7H,3,5H2,1-2H3/b7-6-,8-4-. The van der Waals surface area contributed by atoms with E-state index in [1.807, 2.05) is 6.92 Å². The lowest BCUT2D eigenvalue weighted by Crippen LogP contribution is -2.09. The summed E-state index contributed by atoms with van der Waals surface area (Å²) in [5, 5.41) is 0. The highest BCUT2D eigenvalue weighted by atomic mass is 19.4. The molecule has 0 nitrogen and oxygen atoms in total. The van der Waals surface area contributed by atoms with E-state index in [-0.39, 0.29) is 0 Å². The number of allylic oxidation sites excluding steroid dienone is 4. The third-order valence-corrected chi connectivity index (χ3v) is 1.39. The van der Waals surface area contributed by atoms with Crippen molar-refractivity contribution in [1.29, 1.82) is 0 Å². The van der Waals surface area contributed by atoms with Gasteiger partial charge < -0.3 is 0 Å². The Morgan fingerprint density at radius 1 is 1.33 bits per heavy atom. The number of unbranched alkanes of at least 4 members (excludes halogenated alkanes) is 1. The van der Waals surface area contributed by atoms with Crippen molar-refractivity contribution in [2.24, 2.45) is 0 Å². The van der Waals surface area contributed by atoms with Gasteiger partial charge in [-0.15, -0.1) is 0 Å². The third-order valence-electron chi connectivity index (χ3n) is 1.39. The molecular formula is C9H13F3. The van der Waals surface area contributed by atoms with Crippen LogP contribution in [0.25, 0.3) is 0 Å². The van der Waals surface area contributed by atoms with Crippen LogP contribution < -0.4 is 0 Å². The SMILES string of the molecule is C/C=C(/C=C\CCC)C(F)(F)F. The molecule has 0 aromatic carbocycles. The molecule has 0 aromatic rings. The molecule has 3 heteroatoms. The largest absolute Gasteiger partial charge is 0.416 e. The van der Waals surface area contributed by atoms with Gasteiger partial charge in [0.2, 0.25) is 0 Å². The van der Waals surface area contributed by atoms with E-state index in [1.54, 1.807) is 6.08 Å². The number of alkyl halides is 3. The van der Waals surface area contributed by atoms with Crippen molar-refractivity contribution < 1.29 is 13.2 Å². The molecule has 0 aliphatic rings. The second kappa shape index (κ2) is 5.01. The van der Waals surface area contributed by atoms with Gasteiger partial charge in [-0.3, -0.25) is 0 Å². The summed E-state index contributed by atoms with van der Waals surface area (Å²) in [6.07, 6.45) is 1.09. The van der Waals surface area contributed by atoms with Crippen LogP contribution in [0.2, 0.25) is 0 Å². The topological polar surface area (TPSA) is 0 Å². The van der Waals surface area contributed by atoms with E-state index in [0.717, 1.165) is 18.6 Å². The van der Waals surface area contributed by atoms with Gasteiger partial charge in [-0.05, 0) is 13.3 Å². The fraction of sp³-hybridized carbons (Fsp3) is 0.556. The van der Waals surface area contributed by atoms with Gasteiger partial charge in [0.15, 0.2) is 0 Å². The third kappa shape index (κ3) is 4.21. The van der Waals surface area contributed by atoms with Crippen LogP contribution in [-0.4, -0.2) is 6.18 Å². The van der Waals surface area contributed by atoms with E-state index >= 15 is 0 Å². The van der Waals surface area contributed by atoms with E-state index in [1.165, 1.54) is 6.92 Å². The Hall–Kier alpha value is -0.730. The molecule has 0 atom stereocenters. The first kappa shape index (κ1) is 11.3. The minimum Gasteiger partial charge on any atom is -0.166 e. The molecule has 0 spiro atoms. The Labute approximate surface area is 70.8 Å². The normalized spacial score (nSPS) is 14.2. The van der Waals surface area contributed by atoms with Crippen molar-refractivity contribution in [3.63, 3.8) is 0 Å². The van der Waals surface area contributed by atoms with Crippen LogP contribution in [0.5, 0.6) is 0 Å². The maximum absolute atomic E-state index is 12.0. The van der Waals surface area contributed by atoms with Crippen molar-refractivity contribution in [1.82, 2.24) is 0 Å². The van der Waals surface area contributed by atoms with Crippen molar-refractivity contribution >= 4 is 0 Å². The molecule has 12 heavy (non-hydrogen) atoms. The molecule has 0 amide bonds. The molecule has 0 saturated heterocycles. The van der Waals surface area contributed by atoms with Gasteiger partial charge in [0.05, 0.1) is 5.57 Å². The first-order valence-electron chi connectivity index (χ1n) is 3.92. The molecular weight excluding hydrogens is 165 g/mol. The molecule has 0 heterocycles. The van der Waals surface area contributed by atoms with E-state index in [0.29, 0.717) is 6.42 Å². The second-order valence-corrected chi connectivity index (χ2v) is 2.43. The predicted octanol–water partition coefficient (Wildman–Crippen LogP) is 3.85. The summed E-state index contributed by atoms with van der Waals surface area (Å²) in [4.78, 5) is 0. The first-order valence-corrected chi connectivity index (χ1v) is 3.92. The lowest BCUT2D eigenvalue weighted by Gasteiger charge is -2.05. The molecule has 0 radical (unpaired) electrons. The molecule has 0 fully saturated rings. The molecule has 0 bridgehead atoms. The van der Waals surface area contributed by atoms with E-state index in [4.69, 9.17) is 0 Å². The summed E-state index contributed by atoms with van der Waals surface area (Å²) in [5.74, 6) is 0. The fourth-order valence-electron chi connectivity index (χ4n) is 0.731. The lowest BCUT2D eigenvalue weighted by molar-refractivity contribution is -0.0883. The van der Waals surface area contributed by atoms with Gasteiger partial charge in [-0.2, -0.15) is 13.2 Å². The van der Waals surface area contributed by atoms with Gasteiger partial charge in [0.25, 0.3) is 0 Å². The van der Waals surface area contributed by atoms with Gasteiger partial charge in [0.1, 0.15) is 0 Å². The number of rotatable bonds is 3. The lowest BCUT2D eigenvalue weighted by atomic mass is 10.2. The Bertz CT molecular complexity index is 175. The monoisotopic (exact) mass is 178 g/mol. The van der Waals surface area contributed by atoms with Crippen molar-refractivity contribution in [2.75, 3.05) is 0 Å². The fourth-order valence-corrected chi connectivity index (χ4v) is 0.731.